The molecule has 0 radical (unpaired) electrons. The molecule has 0 saturated carbocycles. The summed E-state index contributed by atoms with van der Waals surface area (Å²) in [7, 11) is -3.39. The van der Waals surface area contributed by atoms with Gasteiger partial charge in [0, 0.05) is 45.5 Å². The summed E-state index contributed by atoms with van der Waals surface area (Å²) in [5.41, 5.74) is 0. The van der Waals surface area contributed by atoms with Crippen LogP contribution in [0.3, 0.4) is 0 Å². The highest BCUT2D eigenvalue weighted by Crippen LogP contribution is 2.14. The van der Waals surface area contributed by atoms with Crippen LogP contribution in [-0.2, 0) is 19.6 Å². The lowest BCUT2D eigenvalue weighted by atomic mass is 10.3. The molecule has 2 heterocycles. The molecular weight excluding hydrogens is 344 g/mol. The Labute approximate surface area is 149 Å². The van der Waals surface area contributed by atoms with E-state index < -0.39 is 16.1 Å². The van der Waals surface area contributed by atoms with Crippen molar-refractivity contribution in [2.75, 3.05) is 50.0 Å². The van der Waals surface area contributed by atoms with Crippen LogP contribution in [0.15, 0.2) is 24.4 Å². The molecule has 1 atom stereocenters. The zero-order chi connectivity index (χ0) is 18.3. The van der Waals surface area contributed by atoms with E-state index in [2.05, 4.69) is 15.2 Å². The fourth-order valence-electron chi connectivity index (χ4n) is 2.64. The first kappa shape index (κ1) is 19.6. The van der Waals surface area contributed by atoms with E-state index in [4.69, 9.17) is 4.74 Å². The van der Waals surface area contributed by atoms with E-state index in [-0.39, 0.29) is 18.2 Å². The number of aromatic nitrogens is 1. The van der Waals surface area contributed by atoms with Crippen LogP contribution in [-0.4, -0.2) is 74.8 Å². The molecular formula is C16H26N4O4S. The number of hydrogen-bond acceptors (Lipinski definition) is 6. The Morgan fingerprint density at radius 3 is 2.64 bits per heavy atom. The third kappa shape index (κ3) is 5.65. The first-order chi connectivity index (χ1) is 11.9. The second-order valence-electron chi connectivity index (χ2n) is 5.78. The van der Waals surface area contributed by atoms with Gasteiger partial charge in [0.15, 0.2) is 0 Å². The van der Waals surface area contributed by atoms with Crippen molar-refractivity contribution in [1.82, 2.24) is 14.6 Å². The van der Waals surface area contributed by atoms with Crippen molar-refractivity contribution in [2.45, 2.75) is 20.0 Å². The Hall–Kier alpha value is -1.71. The Morgan fingerprint density at radius 2 is 2.04 bits per heavy atom. The van der Waals surface area contributed by atoms with Crippen LogP contribution < -0.4 is 10.2 Å². The third-order valence-corrected chi connectivity index (χ3v) is 5.92. The molecule has 1 aliphatic rings. The molecule has 1 aromatic heterocycles. The summed E-state index contributed by atoms with van der Waals surface area (Å²) in [6.07, 6.45) is 1.15. The summed E-state index contributed by atoms with van der Waals surface area (Å²) in [4.78, 5) is 18.1. The number of piperazine rings is 1. The van der Waals surface area contributed by atoms with Crippen molar-refractivity contribution >= 4 is 21.7 Å². The SMILES string of the molecule is CCO[C@@H](C)C(=O)NCCS(=O)(=O)N1CCN(c2ccccn2)CC1. The number of rotatable bonds is 8. The summed E-state index contributed by atoms with van der Waals surface area (Å²) >= 11 is 0. The van der Waals surface area contributed by atoms with E-state index >= 15 is 0 Å². The number of sulfonamides is 1. The molecule has 1 aromatic rings. The molecule has 1 fully saturated rings. The number of nitrogens with one attached hydrogen (secondary N) is 1. The summed E-state index contributed by atoms with van der Waals surface area (Å²) in [6.45, 7) is 6.01. The monoisotopic (exact) mass is 370 g/mol. The van der Waals surface area contributed by atoms with E-state index in [1.54, 1.807) is 20.0 Å². The van der Waals surface area contributed by atoms with Gasteiger partial charge in [0.2, 0.25) is 15.9 Å². The maximum Gasteiger partial charge on any atom is 0.248 e. The molecule has 0 aromatic carbocycles. The number of nitrogens with zero attached hydrogens (tertiary/aromatic N) is 3. The fraction of sp³-hybridized carbons (Fsp3) is 0.625. The van der Waals surface area contributed by atoms with E-state index in [0.29, 0.717) is 32.8 Å². The van der Waals surface area contributed by atoms with Crippen LogP contribution in [0.1, 0.15) is 13.8 Å². The van der Waals surface area contributed by atoms with Crippen LogP contribution in [0, 0.1) is 0 Å². The lowest BCUT2D eigenvalue weighted by Gasteiger charge is -2.34. The smallest absolute Gasteiger partial charge is 0.248 e. The fourth-order valence-corrected chi connectivity index (χ4v) is 3.98. The van der Waals surface area contributed by atoms with Gasteiger partial charge < -0.3 is 15.0 Å². The minimum atomic E-state index is -3.39. The number of anilines is 1. The topological polar surface area (TPSA) is 91.8 Å². The average Bonchev–Trinajstić information content (AvgIpc) is 2.62. The molecule has 0 bridgehead atoms. The minimum Gasteiger partial charge on any atom is -0.369 e. The van der Waals surface area contributed by atoms with Gasteiger partial charge in [-0.15, -0.1) is 0 Å². The maximum absolute atomic E-state index is 12.4. The minimum absolute atomic E-state index is 0.0824. The van der Waals surface area contributed by atoms with Crippen molar-refractivity contribution in [3.63, 3.8) is 0 Å². The Balaban J connectivity index is 1.78. The zero-order valence-corrected chi connectivity index (χ0v) is 15.5. The van der Waals surface area contributed by atoms with Crippen LogP contribution in [0.4, 0.5) is 5.82 Å². The van der Waals surface area contributed by atoms with Gasteiger partial charge in [0.1, 0.15) is 11.9 Å². The standard InChI is InChI=1S/C16H26N4O4S/c1-3-24-14(2)16(21)18-8-13-25(22,23)20-11-9-19(10-12-20)15-6-4-5-7-17-15/h4-7,14H,3,8-13H2,1-2H3,(H,18,21)/t14-/m0/s1. The van der Waals surface area contributed by atoms with E-state index in [1.807, 2.05) is 18.2 Å². The summed E-state index contributed by atoms with van der Waals surface area (Å²) in [5, 5.41) is 2.61. The Morgan fingerprint density at radius 1 is 1.32 bits per heavy atom. The number of carbonyl (C=O) groups excluding carboxylic acids is 1. The third-order valence-electron chi connectivity index (χ3n) is 4.05. The van der Waals surface area contributed by atoms with Crippen molar-refractivity contribution in [2.24, 2.45) is 0 Å². The number of amides is 1. The molecule has 8 nitrogen and oxygen atoms in total. The summed E-state index contributed by atoms with van der Waals surface area (Å²) < 4.78 is 31.5. The van der Waals surface area contributed by atoms with Gasteiger partial charge in [-0.05, 0) is 26.0 Å². The second-order valence-corrected chi connectivity index (χ2v) is 7.87. The summed E-state index contributed by atoms with van der Waals surface area (Å²) in [5.74, 6) is 0.454. The quantitative estimate of drug-likeness (QED) is 0.697. The van der Waals surface area contributed by atoms with Crippen molar-refractivity contribution in [3.05, 3.63) is 24.4 Å². The second kappa shape index (κ2) is 9.12. The van der Waals surface area contributed by atoms with E-state index in [0.717, 1.165) is 5.82 Å². The van der Waals surface area contributed by atoms with Crippen LogP contribution in [0.2, 0.25) is 0 Å². The van der Waals surface area contributed by atoms with Crippen LogP contribution in [0.25, 0.3) is 0 Å². The van der Waals surface area contributed by atoms with Crippen molar-refractivity contribution in [3.8, 4) is 0 Å². The normalized spacial score (nSPS) is 17.3. The average molecular weight is 370 g/mol. The summed E-state index contributed by atoms with van der Waals surface area (Å²) in [6, 6.07) is 5.68. The van der Waals surface area contributed by atoms with Gasteiger partial charge in [-0.25, -0.2) is 13.4 Å². The Bertz CT molecular complexity index is 645. The predicted molar refractivity (Wildman–Crippen MR) is 95.9 cm³/mol. The molecule has 1 amide bonds. The molecule has 1 N–H and O–H groups in total. The Kier molecular flexibility index (Phi) is 7.15. The van der Waals surface area contributed by atoms with Gasteiger partial charge >= 0.3 is 0 Å². The van der Waals surface area contributed by atoms with Crippen molar-refractivity contribution < 1.29 is 17.9 Å². The highest BCUT2D eigenvalue weighted by atomic mass is 32.2. The van der Waals surface area contributed by atoms with E-state index in [9.17, 15) is 13.2 Å². The van der Waals surface area contributed by atoms with Gasteiger partial charge in [-0.2, -0.15) is 4.31 Å². The highest BCUT2D eigenvalue weighted by molar-refractivity contribution is 7.89. The first-order valence-corrected chi connectivity index (χ1v) is 10.1. The van der Waals surface area contributed by atoms with Crippen LogP contribution in [0.5, 0.6) is 0 Å². The lowest BCUT2D eigenvalue weighted by molar-refractivity contribution is -0.131. The van der Waals surface area contributed by atoms with Gasteiger partial charge in [-0.3, -0.25) is 4.79 Å². The van der Waals surface area contributed by atoms with Gasteiger partial charge in [0.05, 0.1) is 5.75 Å². The molecule has 2 rings (SSSR count). The zero-order valence-electron chi connectivity index (χ0n) is 14.7. The number of ether oxygens (including phenoxy) is 1. The largest absolute Gasteiger partial charge is 0.369 e. The predicted octanol–water partition coefficient (Wildman–Crippen LogP) is 0.0746. The van der Waals surface area contributed by atoms with Crippen molar-refractivity contribution in [1.29, 1.82) is 0 Å². The maximum atomic E-state index is 12.4. The highest BCUT2D eigenvalue weighted by Gasteiger charge is 2.27. The molecule has 1 aliphatic heterocycles. The lowest BCUT2D eigenvalue weighted by Crippen LogP contribution is -2.50. The molecule has 0 spiro atoms. The molecule has 0 unspecified atom stereocenters. The number of carbonyl (C=O) groups is 1. The number of pyridine rings is 1. The molecule has 25 heavy (non-hydrogen) atoms. The van der Waals surface area contributed by atoms with E-state index in [1.165, 1.54) is 4.31 Å². The number of hydrogen-bond donors (Lipinski definition) is 1. The van der Waals surface area contributed by atoms with Gasteiger partial charge in [0.25, 0.3) is 0 Å². The molecule has 9 heteroatoms. The first-order valence-electron chi connectivity index (χ1n) is 8.47. The molecule has 0 aliphatic carbocycles. The van der Waals surface area contributed by atoms with Crippen LogP contribution >= 0.6 is 0 Å². The molecule has 140 valence electrons. The van der Waals surface area contributed by atoms with Gasteiger partial charge in [-0.1, -0.05) is 6.07 Å². The molecule has 1 saturated heterocycles.